The fourth-order valence-corrected chi connectivity index (χ4v) is 2.57. The molecule has 2 heteroatoms. The highest BCUT2D eigenvalue weighted by Gasteiger charge is 2.06. The minimum Gasteiger partial charge on any atom is -0.354 e. The SMILES string of the molecule is CS[CH]c1cccc2c1[nH]c1ccccc12. The first-order valence-corrected chi connectivity index (χ1v) is 6.54. The average Bonchev–Trinajstić information content (AvgIpc) is 2.69. The predicted molar refractivity (Wildman–Crippen MR) is 72.7 cm³/mol. The largest absolute Gasteiger partial charge is 0.354 e. The van der Waals surface area contributed by atoms with Gasteiger partial charge in [0.25, 0.3) is 0 Å². The van der Waals surface area contributed by atoms with Crippen LogP contribution in [-0.4, -0.2) is 11.2 Å². The van der Waals surface area contributed by atoms with Gasteiger partial charge in [-0.25, -0.2) is 0 Å². The molecule has 79 valence electrons. The molecule has 0 fully saturated rings. The van der Waals surface area contributed by atoms with Gasteiger partial charge in [0.1, 0.15) is 0 Å². The van der Waals surface area contributed by atoms with E-state index in [0.717, 1.165) is 0 Å². The number of aromatic amines is 1. The second-order valence-electron chi connectivity index (χ2n) is 3.79. The maximum absolute atomic E-state index is 3.49. The molecule has 0 spiro atoms. The van der Waals surface area contributed by atoms with E-state index in [1.165, 1.54) is 27.4 Å². The number of hydrogen-bond donors (Lipinski definition) is 1. The number of nitrogens with one attached hydrogen (secondary N) is 1. The zero-order valence-electron chi connectivity index (χ0n) is 9.03. The van der Waals surface area contributed by atoms with Gasteiger partial charge in [-0.2, -0.15) is 11.8 Å². The van der Waals surface area contributed by atoms with Crippen molar-refractivity contribution in [3.8, 4) is 0 Å². The lowest BCUT2D eigenvalue weighted by molar-refractivity contribution is 1.51. The normalized spacial score (nSPS) is 11.3. The van der Waals surface area contributed by atoms with Crippen LogP contribution in [0.4, 0.5) is 0 Å². The molecular weight excluding hydrogens is 214 g/mol. The van der Waals surface area contributed by atoms with Gasteiger partial charge in [-0.1, -0.05) is 36.4 Å². The lowest BCUT2D eigenvalue weighted by atomic mass is 10.1. The summed E-state index contributed by atoms with van der Waals surface area (Å²) in [4.78, 5) is 3.49. The minimum absolute atomic E-state index is 1.21. The van der Waals surface area contributed by atoms with Crippen LogP contribution in [0.15, 0.2) is 42.5 Å². The second kappa shape index (κ2) is 3.87. The van der Waals surface area contributed by atoms with Gasteiger partial charge in [0.05, 0.1) is 5.52 Å². The van der Waals surface area contributed by atoms with Crippen molar-refractivity contribution in [3.05, 3.63) is 53.8 Å². The van der Waals surface area contributed by atoms with Crippen LogP contribution in [0.25, 0.3) is 21.8 Å². The molecule has 0 unspecified atom stereocenters. The number of thioether (sulfide) groups is 1. The third kappa shape index (κ3) is 1.41. The Morgan fingerprint density at radius 1 is 1.00 bits per heavy atom. The predicted octanol–water partition coefficient (Wildman–Crippen LogP) is 4.19. The van der Waals surface area contributed by atoms with Gasteiger partial charge in [0.2, 0.25) is 0 Å². The number of para-hydroxylation sites is 2. The molecule has 16 heavy (non-hydrogen) atoms. The molecule has 1 N–H and O–H groups in total. The summed E-state index contributed by atoms with van der Waals surface area (Å²) in [6.45, 7) is 0. The quantitative estimate of drug-likeness (QED) is 0.692. The molecule has 1 heterocycles. The number of H-pyrrole nitrogens is 1. The number of benzene rings is 2. The third-order valence-corrected chi connectivity index (χ3v) is 3.31. The summed E-state index contributed by atoms with van der Waals surface area (Å²) < 4.78 is 0. The van der Waals surface area contributed by atoms with Crippen LogP contribution in [-0.2, 0) is 0 Å². The Hall–Kier alpha value is -1.41. The van der Waals surface area contributed by atoms with Gasteiger partial charge < -0.3 is 4.98 Å². The van der Waals surface area contributed by atoms with E-state index in [4.69, 9.17) is 0 Å². The molecule has 0 saturated carbocycles. The highest BCUT2D eigenvalue weighted by atomic mass is 32.2. The highest BCUT2D eigenvalue weighted by Crippen LogP contribution is 2.29. The molecule has 0 aliphatic heterocycles. The number of rotatable bonds is 2. The van der Waals surface area contributed by atoms with Gasteiger partial charge in [-0.15, -0.1) is 0 Å². The summed E-state index contributed by atoms with van der Waals surface area (Å²) in [5, 5.41) is 2.60. The molecule has 1 nitrogen and oxygen atoms in total. The van der Waals surface area contributed by atoms with Crippen LogP contribution in [0.1, 0.15) is 5.56 Å². The van der Waals surface area contributed by atoms with Crippen LogP contribution in [0.5, 0.6) is 0 Å². The van der Waals surface area contributed by atoms with Gasteiger partial charge in [0, 0.05) is 22.0 Å². The Morgan fingerprint density at radius 2 is 1.81 bits per heavy atom. The fraction of sp³-hybridized carbons (Fsp3) is 0.0714. The van der Waals surface area contributed by atoms with Crippen molar-refractivity contribution in [3.63, 3.8) is 0 Å². The summed E-state index contributed by atoms with van der Waals surface area (Å²) in [5.74, 6) is 2.18. The Balaban J connectivity index is 2.39. The number of hydrogen-bond acceptors (Lipinski definition) is 1. The van der Waals surface area contributed by atoms with Crippen molar-refractivity contribution in [1.82, 2.24) is 4.98 Å². The Morgan fingerprint density at radius 3 is 2.69 bits per heavy atom. The summed E-state index contributed by atoms with van der Waals surface area (Å²) in [6, 6.07) is 14.9. The van der Waals surface area contributed by atoms with E-state index in [0.29, 0.717) is 0 Å². The minimum atomic E-state index is 1.21. The molecule has 0 saturated heterocycles. The first-order chi connectivity index (χ1) is 7.90. The number of aromatic nitrogens is 1. The monoisotopic (exact) mass is 226 g/mol. The standard InChI is InChI=1S/C14H12NS/c1-16-9-10-5-4-7-12-11-6-2-3-8-13(11)15-14(10)12/h2-9,15H,1H3. The van der Waals surface area contributed by atoms with Crippen LogP contribution in [0.2, 0.25) is 0 Å². The molecule has 0 amide bonds. The van der Waals surface area contributed by atoms with Gasteiger partial charge in [0.15, 0.2) is 0 Å². The Bertz CT molecular complexity index is 639. The molecule has 0 aliphatic carbocycles. The summed E-state index contributed by atoms with van der Waals surface area (Å²) in [7, 11) is 0. The first kappa shape index (κ1) is 9.79. The zero-order chi connectivity index (χ0) is 11.0. The zero-order valence-corrected chi connectivity index (χ0v) is 9.84. The van der Waals surface area contributed by atoms with Gasteiger partial charge >= 0.3 is 0 Å². The van der Waals surface area contributed by atoms with Crippen LogP contribution < -0.4 is 0 Å². The molecular formula is C14H12NS. The van der Waals surface area contributed by atoms with Crippen molar-refractivity contribution >= 4 is 33.6 Å². The molecule has 3 aromatic rings. The van der Waals surface area contributed by atoms with E-state index < -0.39 is 0 Å². The van der Waals surface area contributed by atoms with Crippen LogP contribution in [0.3, 0.4) is 0 Å². The molecule has 1 radical (unpaired) electrons. The highest BCUT2D eigenvalue weighted by molar-refractivity contribution is 8.00. The van der Waals surface area contributed by atoms with E-state index >= 15 is 0 Å². The Labute approximate surface area is 98.9 Å². The maximum Gasteiger partial charge on any atom is 0.0509 e. The number of fused-ring (bicyclic) bond motifs is 3. The second-order valence-corrected chi connectivity index (χ2v) is 4.50. The van der Waals surface area contributed by atoms with E-state index in [9.17, 15) is 0 Å². The average molecular weight is 226 g/mol. The van der Waals surface area contributed by atoms with Crippen molar-refractivity contribution in [1.29, 1.82) is 0 Å². The van der Waals surface area contributed by atoms with Crippen LogP contribution >= 0.6 is 11.8 Å². The third-order valence-electron chi connectivity index (χ3n) is 2.82. The molecule has 2 aromatic carbocycles. The van der Waals surface area contributed by atoms with Gasteiger partial charge in [-0.3, -0.25) is 0 Å². The molecule has 0 bridgehead atoms. The van der Waals surface area contributed by atoms with E-state index in [-0.39, 0.29) is 0 Å². The van der Waals surface area contributed by atoms with E-state index in [2.05, 4.69) is 59.5 Å². The first-order valence-electron chi connectivity index (χ1n) is 5.25. The van der Waals surface area contributed by atoms with Crippen LogP contribution in [0, 0.1) is 5.75 Å². The van der Waals surface area contributed by atoms with Crippen molar-refractivity contribution in [2.45, 2.75) is 0 Å². The molecule has 1 aromatic heterocycles. The fourth-order valence-electron chi connectivity index (χ4n) is 2.12. The van der Waals surface area contributed by atoms with Gasteiger partial charge in [-0.05, 0) is 17.9 Å². The summed E-state index contributed by atoms with van der Waals surface area (Å²) in [5.41, 5.74) is 3.71. The molecule has 3 rings (SSSR count). The van der Waals surface area contributed by atoms with Crippen molar-refractivity contribution in [2.24, 2.45) is 0 Å². The van der Waals surface area contributed by atoms with Crippen molar-refractivity contribution < 1.29 is 0 Å². The van der Waals surface area contributed by atoms with E-state index in [1.54, 1.807) is 11.8 Å². The maximum atomic E-state index is 3.49. The lowest BCUT2D eigenvalue weighted by Gasteiger charge is -1.99. The molecule has 0 aliphatic rings. The smallest absolute Gasteiger partial charge is 0.0509 e. The Kier molecular flexibility index (Phi) is 2.37. The summed E-state index contributed by atoms with van der Waals surface area (Å²) >= 11 is 1.73. The topological polar surface area (TPSA) is 15.8 Å². The molecule has 0 atom stereocenters. The lowest BCUT2D eigenvalue weighted by Crippen LogP contribution is -1.79. The van der Waals surface area contributed by atoms with E-state index in [1.807, 2.05) is 0 Å². The van der Waals surface area contributed by atoms with Crippen molar-refractivity contribution in [2.75, 3.05) is 6.26 Å². The summed E-state index contributed by atoms with van der Waals surface area (Å²) in [6.07, 6.45) is 2.08.